The van der Waals surface area contributed by atoms with Crippen LogP contribution in [0.15, 0.2) is 88.8 Å². The second-order valence-corrected chi connectivity index (χ2v) is 7.72. The predicted octanol–water partition coefficient (Wildman–Crippen LogP) is 5.17. The van der Waals surface area contributed by atoms with Crippen LogP contribution in [0.4, 0.5) is 0 Å². The standard InChI is InChI=1S/C24H19N3OS/c1-17(20-10-3-2-4-11-20)27-23(28)21-12-5-6-13-22(21)26-24(27)29-16-19-9-7-8-18(14-19)15-25/h2-14,17H,16H2,1H3/t17-/m1/s1. The van der Waals surface area contributed by atoms with Crippen molar-refractivity contribution in [1.29, 1.82) is 5.26 Å². The van der Waals surface area contributed by atoms with Gasteiger partial charge in [0.2, 0.25) is 0 Å². The molecule has 142 valence electrons. The van der Waals surface area contributed by atoms with Crippen molar-refractivity contribution in [2.75, 3.05) is 0 Å². The highest BCUT2D eigenvalue weighted by Crippen LogP contribution is 2.27. The van der Waals surface area contributed by atoms with Gasteiger partial charge in [-0.15, -0.1) is 0 Å². The first kappa shape index (κ1) is 19.0. The topological polar surface area (TPSA) is 58.7 Å². The molecule has 0 N–H and O–H groups in total. The third-order valence-electron chi connectivity index (χ3n) is 4.87. The largest absolute Gasteiger partial charge is 0.280 e. The number of thioether (sulfide) groups is 1. The van der Waals surface area contributed by atoms with E-state index in [0.29, 0.717) is 27.4 Å². The molecule has 0 aliphatic rings. The van der Waals surface area contributed by atoms with Gasteiger partial charge in [0.25, 0.3) is 5.56 Å². The van der Waals surface area contributed by atoms with Gasteiger partial charge in [0.05, 0.1) is 28.6 Å². The maximum absolute atomic E-state index is 13.3. The van der Waals surface area contributed by atoms with E-state index in [1.165, 1.54) is 11.8 Å². The first-order valence-corrected chi connectivity index (χ1v) is 10.3. The first-order chi connectivity index (χ1) is 14.2. The number of aromatic nitrogens is 2. The number of benzene rings is 3. The van der Waals surface area contributed by atoms with Gasteiger partial charge in [-0.25, -0.2) is 4.98 Å². The highest BCUT2D eigenvalue weighted by molar-refractivity contribution is 7.98. The van der Waals surface area contributed by atoms with Crippen molar-refractivity contribution in [1.82, 2.24) is 9.55 Å². The molecule has 1 atom stereocenters. The fourth-order valence-corrected chi connectivity index (χ4v) is 4.35. The Labute approximate surface area is 173 Å². The van der Waals surface area contributed by atoms with Crippen molar-refractivity contribution in [2.45, 2.75) is 23.9 Å². The molecule has 0 unspecified atom stereocenters. The molecule has 0 saturated carbocycles. The van der Waals surface area contributed by atoms with Crippen LogP contribution in [0, 0.1) is 11.3 Å². The Balaban J connectivity index is 1.79. The van der Waals surface area contributed by atoms with Gasteiger partial charge >= 0.3 is 0 Å². The summed E-state index contributed by atoms with van der Waals surface area (Å²) in [6, 6.07) is 27.0. The minimum Gasteiger partial charge on any atom is -0.280 e. The van der Waals surface area contributed by atoms with Crippen molar-refractivity contribution in [2.24, 2.45) is 0 Å². The van der Waals surface area contributed by atoms with Gasteiger partial charge in [0.1, 0.15) is 0 Å². The van der Waals surface area contributed by atoms with Crippen LogP contribution >= 0.6 is 11.8 Å². The Morgan fingerprint density at radius 2 is 1.79 bits per heavy atom. The second kappa shape index (κ2) is 8.34. The normalized spacial score (nSPS) is 11.9. The van der Waals surface area contributed by atoms with E-state index in [1.807, 2.05) is 79.7 Å². The summed E-state index contributed by atoms with van der Waals surface area (Å²) in [6.45, 7) is 2.02. The van der Waals surface area contributed by atoms with E-state index in [-0.39, 0.29) is 11.6 Å². The SMILES string of the molecule is C[C@H](c1ccccc1)n1c(SCc2cccc(C#N)c2)nc2ccccc2c1=O. The number of hydrogen-bond donors (Lipinski definition) is 0. The van der Waals surface area contributed by atoms with Crippen LogP contribution in [-0.2, 0) is 5.75 Å². The molecule has 4 aromatic rings. The molecule has 0 amide bonds. The lowest BCUT2D eigenvalue weighted by molar-refractivity contribution is 0.548. The smallest absolute Gasteiger partial charge is 0.262 e. The van der Waals surface area contributed by atoms with Gasteiger partial charge in [0.15, 0.2) is 5.16 Å². The van der Waals surface area contributed by atoms with Crippen molar-refractivity contribution in [3.05, 3.63) is 106 Å². The highest BCUT2D eigenvalue weighted by Gasteiger charge is 2.18. The summed E-state index contributed by atoms with van der Waals surface area (Å²) < 4.78 is 1.77. The lowest BCUT2D eigenvalue weighted by Crippen LogP contribution is -2.27. The van der Waals surface area contributed by atoms with Crippen molar-refractivity contribution in [3.8, 4) is 6.07 Å². The van der Waals surface area contributed by atoms with Gasteiger partial charge in [-0.2, -0.15) is 5.26 Å². The average Bonchev–Trinajstić information content (AvgIpc) is 2.78. The van der Waals surface area contributed by atoms with Crippen LogP contribution in [-0.4, -0.2) is 9.55 Å². The lowest BCUT2D eigenvalue weighted by atomic mass is 10.1. The molecule has 5 heteroatoms. The van der Waals surface area contributed by atoms with Gasteiger partial charge in [-0.05, 0) is 42.3 Å². The molecule has 0 spiro atoms. The maximum Gasteiger partial charge on any atom is 0.262 e. The molecular formula is C24H19N3OS. The highest BCUT2D eigenvalue weighted by atomic mass is 32.2. The van der Waals surface area contributed by atoms with E-state index in [0.717, 1.165) is 11.1 Å². The monoisotopic (exact) mass is 397 g/mol. The third-order valence-corrected chi connectivity index (χ3v) is 5.89. The Kier molecular flexibility index (Phi) is 5.46. The Bertz CT molecular complexity index is 1260. The third kappa shape index (κ3) is 3.94. The summed E-state index contributed by atoms with van der Waals surface area (Å²) in [5.74, 6) is 0.627. The number of para-hydroxylation sites is 1. The molecule has 29 heavy (non-hydrogen) atoms. The van der Waals surface area contributed by atoms with Crippen LogP contribution in [0.2, 0.25) is 0 Å². The zero-order chi connectivity index (χ0) is 20.2. The molecule has 1 aromatic heterocycles. The summed E-state index contributed by atoms with van der Waals surface area (Å²) in [6.07, 6.45) is 0. The van der Waals surface area contributed by atoms with E-state index in [4.69, 9.17) is 10.2 Å². The average molecular weight is 398 g/mol. The zero-order valence-corrected chi connectivity index (χ0v) is 16.8. The molecule has 4 rings (SSSR count). The molecule has 0 saturated heterocycles. The molecule has 0 aliphatic heterocycles. The summed E-state index contributed by atoms with van der Waals surface area (Å²) in [5.41, 5.74) is 3.36. The Morgan fingerprint density at radius 3 is 2.59 bits per heavy atom. The Morgan fingerprint density at radius 1 is 1.03 bits per heavy atom. The molecule has 0 fully saturated rings. The number of fused-ring (bicyclic) bond motifs is 1. The molecule has 0 radical (unpaired) electrons. The van der Waals surface area contributed by atoms with Crippen LogP contribution in [0.1, 0.15) is 29.7 Å². The van der Waals surface area contributed by atoms with Gasteiger partial charge in [-0.1, -0.05) is 66.4 Å². The van der Waals surface area contributed by atoms with Gasteiger partial charge in [0, 0.05) is 5.75 Å². The molecule has 3 aromatic carbocycles. The molecule has 1 heterocycles. The number of nitrogens with zero attached hydrogens (tertiary/aromatic N) is 3. The number of nitriles is 1. The van der Waals surface area contributed by atoms with Crippen molar-refractivity contribution in [3.63, 3.8) is 0 Å². The quantitative estimate of drug-likeness (QED) is 0.344. The summed E-state index contributed by atoms with van der Waals surface area (Å²) >= 11 is 1.51. The molecule has 0 bridgehead atoms. The summed E-state index contributed by atoms with van der Waals surface area (Å²) in [4.78, 5) is 18.1. The Hall–Kier alpha value is -3.36. The fourth-order valence-electron chi connectivity index (χ4n) is 3.33. The van der Waals surface area contributed by atoms with E-state index in [1.54, 1.807) is 10.6 Å². The summed E-state index contributed by atoms with van der Waals surface area (Å²) in [7, 11) is 0. The van der Waals surface area contributed by atoms with Crippen LogP contribution in [0.25, 0.3) is 10.9 Å². The van der Waals surface area contributed by atoms with Crippen LogP contribution < -0.4 is 5.56 Å². The minimum atomic E-state index is -0.145. The lowest BCUT2D eigenvalue weighted by Gasteiger charge is -2.20. The van der Waals surface area contributed by atoms with E-state index in [2.05, 4.69) is 6.07 Å². The van der Waals surface area contributed by atoms with E-state index < -0.39 is 0 Å². The number of rotatable bonds is 5. The maximum atomic E-state index is 13.3. The zero-order valence-electron chi connectivity index (χ0n) is 15.9. The minimum absolute atomic E-state index is 0.0415. The second-order valence-electron chi connectivity index (χ2n) is 6.77. The fraction of sp³-hybridized carbons (Fsp3) is 0.125. The predicted molar refractivity (Wildman–Crippen MR) is 117 cm³/mol. The van der Waals surface area contributed by atoms with Crippen molar-refractivity contribution >= 4 is 22.7 Å². The van der Waals surface area contributed by atoms with Crippen LogP contribution in [0.3, 0.4) is 0 Å². The van der Waals surface area contributed by atoms with Gasteiger partial charge < -0.3 is 0 Å². The van der Waals surface area contributed by atoms with Crippen molar-refractivity contribution < 1.29 is 0 Å². The van der Waals surface area contributed by atoms with Gasteiger partial charge in [-0.3, -0.25) is 9.36 Å². The summed E-state index contributed by atoms with van der Waals surface area (Å²) in [5, 5.41) is 10.4. The molecule has 4 nitrogen and oxygen atoms in total. The molecule has 0 aliphatic carbocycles. The van der Waals surface area contributed by atoms with Crippen LogP contribution in [0.5, 0.6) is 0 Å². The molecular weight excluding hydrogens is 378 g/mol. The van der Waals surface area contributed by atoms with E-state index in [9.17, 15) is 4.79 Å². The number of hydrogen-bond acceptors (Lipinski definition) is 4. The van der Waals surface area contributed by atoms with E-state index >= 15 is 0 Å². The first-order valence-electron chi connectivity index (χ1n) is 9.35.